The van der Waals surface area contributed by atoms with Crippen LogP contribution in [0, 0.1) is 6.92 Å². The first-order valence-electron chi connectivity index (χ1n) is 6.38. The largest absolute Gasteiger partial charge is 0.469 e. The number of hydrogen-bond acceptors (Lipinski definition) is 3. The number of ketones is 1. The van der Waals surface area contributed by atoms with E-state index >= 15 is 0 Å². The third-order valence-corrected chi connectivity index (χ3v) is 3.14. The van der Waals surface area contributed by atoms with Crippen LogP contribution in [0.4, 0.5) is 0 Å². The van der Waals surface area contributed by atoms with Crippen molar-refractivity contribution in [2.24, 2.45) is 0 Å². The molecular formula is C17H16O3. The molecule has 0 atom stereocenters. The molecule has 0 saturated heterocycles. The molecule has 3 heteroatoms. The molecule has 0 aliphatic heterocycles. The van der Waals surface area contributed by atoms with Gasteiger partial charge in [0.2, 0.25) is 0 Å². The van der Waals surface area contributed by atoms with Gasteiger partial charge in [0.05, 0.1) is 13.5 Å². The average Bonchev–Trinajstić information content (AvgIpc) is 2.48. The third kappa shape index (κ3) is 3.12. The number of carbonyl (C=O) groups excluding carboxylic acids is 2. The topological polar surface area (TPSA) is 43.4 Å². The molecule has 0 aromatic heterocycles. The maximum atomic E-state index is 12.5. The van der Waals surface area contributed by atoms with Crippen molar-refractivity contribution in [1.29, 1.82) is 0 Å². The van der Waals surface area contributed by atoms with Crippen LogP contribution in [0.25, 0.3) is 0 Å². The van der Waals surface area contributed by atoms with Crippen LogP contribution in [0.1, 0.15) is 27.0 Å². The van der Waals surface area contributed by atoms with Crippen LogP contribution in [0.5, 0.6) is 0 Å². The van der Waals surface area contributed by atoms with Crippen molar-refractivity contribution in [3.8, 4) is 0 Å². The van der Waals surface area contributed by atoms with Gasteiger partial charge in [-0.2, -0.15) is 0 Å². The molecule has 0 amide bonds. The molecule has 2 aromatic rings. The number of hydrogen-bond donors (Lipinski definition) is 0. The van der Waals surface area contributed by atoms with E-state index in [1.807, 2.05) is 25.1 Å². The number of methoxy groups -OCH3 is 1. The van der Waals surface area contributed by atoms with Crippen molar-refractivity contribution in [1.82, 2.24) is 0 Å². The van der Waals surface area contributed by atoms with Gasteiger partial charge in [-0.15, -0.1) is 0 Å². The third-order valence-electron chi connectivity index (χ3n) is 3.14. The Kier molecular flexibility index (Phi) is 4.31. The molecule has 0 saturated carbocycles. The van der Waals surface area contributed by atoms with E-state index < -0.39 is 0 Å². The molecular weight excluding hydrogens is 252 g/mol. The Morgan fingerprint density at radius 2 is 1.65 bits per heavy atom. The minimum Gasteiger partial charge on any atom is -0.469 e. The summed E-state index contributed by atoms with van der Waals surface area (Å²) in [4.78, 5) is 23.9. The molecule has 2 aromatic carbocycles. The van der Waals surface area contributed by atoms with Gasteiger partial charge in [0.1, 0.15) is 0 Å². The SMILES string of the molecule is COC(=O)Cc1ccccc1C(=O)c1ccc(C)cc1. The molecule has 0 heterocycles. The molecule has 2 rings (SSSR count). The molecule has 0 aliphatic carbocycles. The summed E-state index contributed by atoms with van der Waals surface area (Å²) < 4.78 is 4.66. The highest BCUT2D eigenvalue weighted by Crippen LogP contribution is 2.16. The van der Waals surface area contributed by atoms with Crippen molar-refractivity contribution < 1.29 is 14.3 Å². The molecule has 0 bridgehead atoms. The summed E-state index contributed by atoms with van der Waals surface area (Å²) in [5.41, 5.74) is 2.95. The first-order chi connectivity index (χ1) is 9.61. The van der Waals surface area contributed by atoms with Crippen molar-refractivity contribution in [2.75, 3.05) is 7.11 Å². The number of aryl methyl sites for hydroxylation is 1. The quantitative estimate of drug-likeness (QED) is 0.632. The van der Waals surface area contributed by atoms with E-state index in [0.29, 0.717) is 16.7 Å². The minimum atomic E-state index is -0.353. The normalized spacial score (nSPS) is 10.1. The van der Waals surface area contributed by atoms with Gasteiger partial charge in [-0.1, -0.05) is 54.1 Å². The summed E-state index contributed by atoms with van der Waals surface area (Å²) in [5.74, 6) is -0.432. The summed E-state index contributed by atoms with van der Waals surface area (Å²) in [6.07, 6.45) is 0.101. The highest BCUT2D eigenvalue weighted by Gasteiger charge is 2.15. The van der Waals surface area contributed by atoms with E-state index in [4.69, 9.17) is 0 Å². The number of esters is 1. The van der Waals surface area contributed by atoms with E-state index in [1.54, 1.807) is 30.3 Å². The highest BCUT2D eigenvalue weighted by molar-refractivity contribution is 6.10. The van der Waals surface area contributed by atoms with Crippen molar-refractivity contribution in [2.45, 2.75) is 13.3 Å². The van der Waals surface area contributed by atoms with Crippen LogP contribution in [0.3, 0.4) is 0 Å². The predicted molar refractivity (Wildman–Crippen MR) is 76.8 cm³/mol. The monoisotopic (exact) mass is 268 g/mol. The lowest BCUT2D eigenvalue weighted by Crippen LogP contribution is -2.10. The van der Waals surface area contributed by atoms with Gasteiger partial charge in [-0.25, -0.2) is 0 Å². The lowest BCUT2D eigenvalue weighted by molar-refractivity contribution is -0.139. The summed E-state index contributed by atoms with van der Waals surface area (Å²) in [6, 6.07) is 14.5. The fraction of sp³-hybridized carbons (Fsp3) is 0.176. The summed E-state index contributed by atoms with van der Waals surface area (Å²) in [7, 11) is 1.34. The molecule has 3 nitrogen and oxygen atoms in total. The molecule has 0 spiro atoms. The first-order valence-corrected chi connectivity index (χ1v) is 6.38. The Morgan fingerprint density at radius 1 is 1.00 bits per heavy atom. The van der Waals surface area contributed by atoms with Gasteiger partial charge in [0.25, 0.3) is 0 Å². The minimum absolute atomic E-state index is 0.0792. The Morgan fingerprint density at radius 3 is 2.30 bits per heavy atom. The zero-order valence-electron chi connectivity index (χ0n) is 11.6. The summed E-state index contributed by atoms with van der Waals surface area (Å²) >= 11 is 0. The van der Waals surface area contributed by atoms with Crippen LogP contribution in [0.2, 0.25) is 0 Å². The number of ether oxygens (including phenoxy) is 1. The van der Waals surface area contributed by atoms with E-state index in [2.05, 4.69) is 4.74 Å². The molecule has 0 fully saturated rings. The first kappa shape index (κ1) is 14.0. The maximum Gasteiger partial charge on any atom is 0.310 e. The van der Waals surface area contributed by atoms with E-state index in [0.717, 1.165) is 5.56 Å². The van der Waals surface area contributed by atoms with E-state index in [-0.39, 0.29) is 18.2 Å². The van der Waals surface area contributed by atoms with E-state index in [1.165, 1.54) is 7.11 Å². The van der Waals surface area contributed by atoms with Crippen LogP contribution in [-0.2, 0) is 16.0 Å². The zero-order valence-corrected chi connectivity index (χ0v) is 11.6. The van der Waals surface area contributed by atoms with Gasteiger partial charge in [-0.05, 0) is 12.5 Å². The second kappa shape index (κ2) is 6.15. The Hall–Kier alpha value is -2.42. The fourth-order valence-electron chi connectivity index (χ4n) is 1.98. The summed E-state index contributed by atoms with van der Waals surface area (Å²) in [6.45, 7) is 1.97. The smallest absolute Gasteiger partial charge is 0.310 e. The van der Waals surface area contributed by atoms with Gasteiger partial charge < -0.3 is 4.74 Å². The Bertz CT molecular complexity index is 627. The predicted octanol–water partition coefficient (Wildman–Crippen LogP) is 2.94. The van der Waals surface area contributed by atoms with Gasteiger partial charge in [0.15, 0.2) is 5.78 Å². The van der Waals surface area contributed by atoms with E-state index in [9.17, 15) is 9.59 Å². The lowest BCUT2D eigenvalue weighted by atomic mass is 9.96. The van der Waals surface area contributed by atoms with Crippen molar-refractivity contribution >= 4 is 11.8 Å². The Labute approximate surface area is 118 Å². The van der Waals surface area contributed by atoms with Gasteiger partial charge in [-0.3, -0.25) is 9.59 Å². The highest BCUT2D eigenvalue weighted by atomic mass is 16.5. The molecule has 0 aliphatic rings. The maximum absolute atomic E-state index is 12.5. The molecule has 0 N–H and O–H groups in total. The Balaban J connectivity index is 2.34. The number of carbonyl (C=O) groups is 2. The van der Waals surface area contributed by atoms with Crippen molar-refractivity contribution in [3.05, 3.63) is 70.8 Å². The second-order valence-corrected chi connectivity index (χ2v) is 4.61. The van der Waals surface area contributed by atoms with Gasteiger partial charge in [0, 0.05) is 11.1 Å². The standard InChI is InChI=1S/C17H16O3/c1-12-7-9-13(10-8-12)17(19)15-6-4-3-5-14(15)11-16(18)20-2/h3-10H,11H2,1-2H3. The number of benzene rings is 2. The van der Waals surface area contributed by atoms with Crippen LogP contribution in [-0.4, -0.2) is 18.9 Å². The second-order valence-electron chi connectivity index (χ2n) is 4.61. The molecule has 102 valence electrons. The van der Waals surface area contributed by atoms with Crippen LogP contribution >= 0.6 is 0 Å². The number of rotatable bonds is 4. The summed E-state index contributed by atoms with van der Waals surface area (Å²) in [5, 5.41) is 0. The molecule has 0 radical (unpaired) electrons. The van der Waals surface area contributed by atoms with Crippen molar-refractivity contribution in [3.63, 3.8) is 0 Å². The van der Waals surface area contributed by atoms with Crippen LogP contribution < -0.4 is 0 Å². The zero-order chi connectivity index (χ0) is 14.5. The average molecular weight is 268 g/mol. The van der Waals surface area contributed by atoms with Crippen LogP contribution in [0.15, 0.2) is 48.5 Å². The lowest BCUT2D eigenvalue weighted by Gasteiger charge is -2.08. The fourth-order valence-corrected chi connectivity index (χ4v) is 1.98. The van der Waals surface area contributed by atoms with Gasteiger partial charge >= 0.3 is 5.97 Å². The molecule has 0 unspecified atom stereocenters. The molecule has 20 heavy (non-hydrogen) atoms.